The summed E-state index contributed by atoms with van der Waals surface area (Å²) in [6.07, 6.45) is 0. The molecule has 2 aromatic carbocycles. The average Bonchev–Trinajstić information content (AvgIpc) is 2.46. The van der Waals surface area contributed by atoms with E-state index in [0.717, 1.165) is 16.7 Å². The van der Waals surface area contributed by atoms with Crippen molar-refractivity contribution in [2.24, 2.45) is 0 Å². The molecule has 0 radical (unpaired) electrons. The third-order valence-electron chi connectivity index (χ3n) is 2.75. The van der Waals surface area contributed by atoms with Gasteiger partial charge in [0.15, 0.2) is 0 Å². The molecule has 0 aliphatic heterocycles. The molecule has 0 N–H and O–H groups in total. The highest BCUT2D eigenvalue weighted by Crippen LogP contribution is 2.37. The second-order valence-corrected chi connectivity index (χ2v) is 4.46. The molecule has 0 heterocycles. The Hall–Kier alpha value is -1.11. The van der Waals surface area contributed by atoms with Gasteiger partial charge in [-0.3, -0.25) is 0 Å². The van der Waals surface area contributed by atoms with Crippen LogP contribution in [0.3, 0.4) is 0 Å². The van der Waals surface area contributed by atoms with E-state index in [-0.39, 0.29) is 0 Å². The fourth-order valence-corrected chi connectivity index (χ4v) is 2.24. The molecular weight excluding hydrogens is 300 g/mol. The Bertz CT molecular complexity index is 587. The highest BCUT2D eigenvalue weighted by molar-refractivity contribution is 7.75. The fourth-order valence-electron chi connectivity index (χ4n) is 1.85. The number of thiol groups is 3. The topological polar surface area (TPSA) is 27.7 Å². The first-order valence-corrected chi connectivity index (χ1v) is 6.48. The Morgan fingerprint density at radius 3 is 1.95 bits per heavy atom. The molecule has 6 heteroatoms. The molecule has 0 fully saturated rings. The van der Waals surface area contributed by atoms with E-state index < -0.39 is 0 Å². The van der Waals surface area contributed by atoms with Crippen molar-refractivity contribution in [3.05, 3.63) is 42.0 Å². The van der Waals surface area contributed by atoms with Gasteiger partial charge in [-0.25, -0.2) is 0 Å². The van der Waals surface area contributed by atoms with E-state index in [1.807, 2.05) is 31.2 Å². The summed E-state index contributed by atoms with van der Waals surface area (Å²) >= 11 is 11.5. The maximum Gasteiger partial charge on any atom is 0.145 e. The zero-order chi connectivity index (χ0) is 13.8. The molecule has 0 bridgehead atoms. The lowest BCUT2D eigenvalue weighted by molar-refractivity contribution is 0.641. The zero-order valence-electron chi connectivity index (χ0n) is 10.0. The summed E-state index contributed by atoms with van der Waals surface area (Å²) in [5.41, 5.74) is 2.88. The highest BCUT2D eigenvalue weighted by atomic mass is 32.1. The van der Waals surface area contributed by atoms with Gasteiger partial charge in [-0.1, -0.05) is 6.07 Å². The van der Waals surface area contributed by atoms with Gasteiger partial charge in [-0.05, 0) is 48.4 Å². The van der Waals surface area contributed by atoms with Crippen LogP contribution in [0.25, 0.3) is 11.1 Å². The Morgan fingerprint density at radius 2 is 1.37 bits per heavy atom. The monoisotopic (exact) mass is 312 g/mol. The fraction of sp³-hybridized carbons (Fsp3) is 0.0769. The number of hydrogen-bond donors (Lipinski definition) is 3. The molecule has 2 aromatic rings. The molecule has 0 amide bonds. The third kappa shape index (κ3) is 3.08. The minimum atomic E-state index is 0.626. The second kappa shape index (κ2) is 6.36. The predicted molar refractivity (Wildman–Crippen MR) is 85.5 cm³/mol. The minimum absolute atomic E-state index is 0.626. The molecule has 100 valence electrons. The molecule has 0 atom stereocenters. The zero-order valence-corrected chi connectivity index (χ0v) is 12.7. The number of rotatable bonds is 4. The smallest absolute Gasteiger partial charge is 0.145 e. The Balaban J connectivity index is 2.56. The molecular formula is C13H12O3S3. The molecule has 2 rings (SSSR count). The van der Waals surface area contributed by atoms with Crippen LogP contribution in [0.5, 0.6) is 17.2 Å². The molecule has 0 aromatic heterocycles. The van der Waals surface area contributed by atoms with Crippen LogP contribution in [0.15, 0.2) is 36.4 Å². The first-order valence-electron chi connectivity index (χ1n) is 5.39. The van der Waals surface area contributed by atoms with Gasteiger partial charge in [0.1, 0.15) is 17.2 Å². The van der Waals surface area contributed by atoms with Crippen molar-refractivity contribution in [2.45, 2.75) is 6.92 Å². The van der Waals surface area contributed by atoms with Crippen molar-refractivity contribution in [2.75, 3.05) is 0 Å². The molecule has 3 nitrogen and oxygen atoms in total. The van der Waals surface area contributed by atoms with E-state index in [0.29, 0.717) is 17.2 Å². The Kier molecular flexibility index (Phi) is 4.79. The van der Waals surface area contributed by atoms with Gasteiger partial charge in [0.25, 0.3) is 0 Å². The number of hydrogen-bond acceptors (Lipinski definition) is 6. The van der Waals surface area contributed by atoms with Gasteiger partial charge < -0.3 is 12.5 Å². The first kappa shape index (κ1) is 14.3. The molecule has 19 heavy (non-hydrogen) atoms. The molecule has 0 unspecified atom stereocenters. The Labute approximate surface area is 128 Å². The summed E-state index contributed by atoms with van der Waals surface area (Å²) in [6.45, 7) is 1.97. The molecule has 0 spiro atoms. The van der Waals surface area contributed by atoms with Gasteiger partial charge in [0.05, 0.1) is 0 Å². The van der Waals surface area contributed by atoms with Crippen LogP contribution in [-0.4, -0.2) is 0 Å². The summed E-state index contributed by atoms with van der Waals surface area (Å²) in [5.74, 6) is 1.95. The van der Waals surface area contributed by atoms with Crippen LogP contribution in [0, 0.1) is 6.92 Å². The lowest BCUT2D eigenvalue weighted by Crippen LogP contribution is -1.89. The summed E-state index contributed by atoms with van der Waals surface area (Å²) < 4.78 is 14.9. The minimum Gasteiger partial charge on any atom is -0.429 e. The highest BCUT2D eigenvalue weighted by Gasteiger charge is 2.11. The van der Waals surface area contributed by atoms with Crippen molar-refractivity contribution >= 4 is 38.7 Å². The van der Waals surface area contributed by atoms with E-state index in [2.05, 4.69) is 38.7 Å². The van der Waals surface area contributed by atoms with E-state index >= 15 is 0 Å². The van der Waals surface area contributed by atoms with Crippen molar-refractivity contribution in [1.29, 1.82) is 0 Å². The van der Waals surface area contributed by atoms with E-state index in [9.17, 15) is 0 Å². The normalized spacial score (nSPS) is 10.1. The third-order valence-corrected chi connectivity index (χ3v) is 3.37. The Morgan fingerprint density at radius 1 is 0.737 bits per heavy atom. The molecule has 0 aliphatic rings. The second-order valence-electron chi connectivity index (χ2n) is 3.91. The summed E-state index contributed by atoms with van der Waals surface area (Å²) in [6, 6.07) is 11.0. The quantitative estimate of drug-likeness (QED) is 0.579. The van der Waals surface area contributed by atoms with Crippen LogP contribution in [0.2, 0.25) is 0 Å². The first-order chi connectivity index (χ1) is 9.19. The van der Waals surface area contributed by atoms with Crippen LogP contribution in [-0.2, 0) is 0 Å². The standard InChI is InChI=1S/C13H12O3S3/c1-8-6-9(14-17)2-4-11(8)12-7-10(15-18)3-5-13(12)16-19/h2-7,17-19H,1H3. The van der Waals surface area contributed by atoms with Gasteiger partial charge in [-0.2, -0.15) is 0 Å². The average molecular weight is 312 g/mol. The number of benzene rings is 2. The summed E-state index contributed by atoms with van der Waals surface area (Å²) in [7, 11) is 0. The predicted octanol–water partition coefficient (Wildman–Crippen LogP) is 4.33. The largest absolute Gasteiger partial charge is 0.429 e. The summed E-state index contributed by atoms with van der Waals surface area (Å²) in [4.78, 5) is 0. The van der Waals surface area contributed by atoms with Gasteiger partial charge in [0, 0.05) is 44.3 Å². The maximum absolute atomic E-state index is 5.08. The van der Waals surface area contributed by atoms with Crippen LogP contribution < -0.4 is 12.5 Å². The SMILES string of the molecule is Cc1cc(OS)ccc1-c1cc(OS)ccc1OS. The van der Waals surface area contributed by atoms with E-state index in [1.165, 1.54) is 0 Å². The molecule has 0 saturated heterocycles. The van der Waals surface area contributed by atoms with Gasteiger partial charge >= 0.3 is 0 Å². The lowest BCUT2D eigenvalue weighted by atomic mass is 9.99. The summed E-state index contributed by atoms with van der Waals surface area (Å²) in [5, 5.41) is 0. The van der Waals surface area contributed by atoms with E-state index in [4.69, 9.17) is 12.5 Å². The van der Waals surface area contributed by atoms with Gasteiger partial charge in [-0.15, -0.1) is 0 Å². The van der Waals surface area contributed by atoms with Crippen molar-refractivity contribution in [3.63, 3.8) is 0 Å². The molecule has 0 aliphatic carbocycles. The van der Waals surface area contributed by atoms with Crippen molar-refractivity contribution in [3.8, 4) is 28.4 Å². The number of aryl methyl sites for hydroxylation is 1. The van der Waals surface area contributed by atoms with Crippen molar-refractivity contribution in [1.82, 2.24) is 0 Å². The maximum atomic E-state index is 5.08. The van der Waals surface area contributed by atoms with Crippen molar-refractivity contribution < 1.29 is 12.5 Å². The lowest BCUT2D eigenvalue weighted by Gasteiger charge is -2.12. The molecule has 0 saturated carbocycles. The van der Waals surface area contributed by atoms with Crippen LogP contribution in [0.4, 0.5) is 0 Å². The van der Waals surface area contributed by atoms with E-state index in [1.54, 1.807) is 12.1 Å². The van der Waals surface area contributed by atoms with Gasteiger partial charge in [0.2, 0.25) is 0 Å². The van der Waals surface area contributed by atoms with Crippen LogP contribution >= 0.6 is 38.7 Å². The van der Waals surface area contributed by atoms with Crippen LogP contribution in [0.1, 0.15) is 5.56 Å².